The average molecular weight is 265 g/mol. The van der Waals surface area contributed by atoms with Gasteiger partial charge < -0.3 is 10.6 Å². The molecule has 0 aliphatic carbocycles. The summed E-state index contributed by atoms with van der Waals surface area (Å²) in [6.07, 6.45) is 0. The third kappa shape index (κ3) is 3.38. The minimum atomic E-state index is 0.582. The molecule has 0 atom stereocenters. The van der Waals surface area contributed by atoms with Crippen LogP contribution in [0.5, 0.6) is 0 Å². The lowest BCUT2D eigenvalue weighted by Crippen LogP contribution is -2.31. The largest absolute Gasteiger partial charge is 0.362 e. The minimum Gasteiger partial charge on any atom is -0.362 e. The van der Waals surface area contributed by atoms with Crippen LogP contribution in [0.2, 0.25) is 0 Å². The second kappa shape index (κ2) is 5.42. The van der Waals surface area contributed by atoms with Crippen LogP contribution in [0, 0.1) is 5.92 Å². The highest BCUT2D eigenvalue weighted by molar-refractivity contribution is 7.80. The maximum Gasteiger partial charge on any atom is 0.170 e. The van der Waals surface area contributed by atoms with Crippen molar-refractivity contribution in [2.75, 3.05) is 11.9 Å². The zero-order chi connectivity index (χ0) is 12.3. The quantitative estimate of drug-likeness (QED) is 0.835. The van der Waals surface area contributed by atoms with Crippen molar-refractivity contribution >= 4 is 44.6 Å². The molecule has 0 aliphatic heterocycles. The van der Waals surface area contributed by atoms with Crippen molar-refractivity contribution in [3.8, 4) is 0 Å². The Bertz CT molecular complexity index is 519. The van der Waals surface area contributed by atoms with Crippen molar-refractivity contribution in [2.45, 2.75) is 13.8 Å². The SMILES string of the molecule is CC(C)CNC(=S)Nc1ccc2ncsc2c1. The first kappa shape index (κ1) is 12.3. The second-order valence-electron chi connectivity index (χ2n) is 4.26. The molecule has 5 heteroatoms. The fourth-order valence-electron chi connectivity index (χ4n) is 1.40. The second-order valence-corrected chi connectivity index (χ2v) is 5.56. The predicted octanol–water partition coefficient (Wildman–Crippen LogP) is 3.24. The molecule has 2 N–H and O–H groups in total. The van der Waals surface area contributed by atoms with Gasteiger partial charge in [-0.25, -0.2) is 4.98 Å². The summed E-state index contributed by atoms with van der Waals surface area (Å²) in [5.74, 6) is 0.582. The zero-order valence-electron chi connectivity index (χ0n) is 9.86. The molecular weight excluding hydrogens is 250 g/mol. The van der Waals surface area contributed by atoms with Gasteiger partial charge in [-0.05, 0) is 36.3 Å². The molecule has 2 aromatic rings. The molecular formula is C12H15N3S2. The lowest BCUT2D eigenvalue weighted by Gasteiger charge is -2.12. The van der Waals surface area contributed by atoms with Gasteiger partial charge in [0.05, 0.1) is 15.7 Å². The summed E-state index contributed by atoms with van der Waals surface area (Å²) < 4.78 is 1.17. The van der Waals surface area contributed by atoms with Gasteiger partial charge in [0.25, 0.3) is 0 Å². The Morgan fingerprint density at radius 3 is 3.06 bits per heavy atom. The molecule has 0 unspecified atom stereocenters. The number of benzene rings is 1. The van der Waals surface area contributed by atoms with E-state index in [0.29, 0.717) is 11.0 Å². The molecule has 17 heavy (non-hydrogen) atoms. The van der Waals surface area contributed by atoms with Crippen LogP contribution in [0.15, 0.2) is 23.7 Å². The van der Waals surface area contributed by atoms with E-state index in [1.165, 1.54) is 4.70 Å². The van der Waals surface area contributed by atoms with Crippen molar-refractivity contribution in [1.82, 2.24) is 10.3 Å². The molecule has 0 aliphatic rings. The molecule has 90 valence electrons. The van der Waals surface area contributed by atoms with Crippen LogP contribution in [0.25, 0.3) is 10.2 Å². The summed E-state index contributed by atoms with van der Waals surface area (Å²) in [7, 11) is 0. The summed E-state index contributed by atoms with van der Waals surface area (Å²) in [6.45, 7) is 5.19. The average Bonchev–Trinajstić information content (AvgIpc) is 2.73. The molecule has 1 aromatic heterocycles. The van der Waals surface area contributed by atoms with E-state index < -0.39 is 0 Å². The van der Waals surface area contributed by atoms with Gasteiger partial charge >= 0.3 is 0 Å². The van der Waals surface area contributed by atoms with Crippen molar-refractivity contribution in [3.63, 3.8) is 0 Å². The number of aromatic nitrogens is 1. The number of nitrogens with one attached hydrogen (secondary N) is 2. The van der Waals surface area contributed by atoms with E-state index >= 15 is 0 Å². The first-order valence-corrected chi connectivity index (χ1v) is 6.82. The fourth-order valence-corrected chi connectivity index (χ4v) is 2.32. The summed E-state index contributed by atoms with van der Waals surface area (Å²) in [6, 6.07) is 6.06. The molecule has 0 fully saturated rings. The van der Waals surface area contributed by atoms with Gasteiger partial charge in [-0.15, -0.1) is 11.3 Å². The fraction of sp³-hybridized carbons (Fsp3) is 0.333. The first-order valence-electron chi connectivity index (χ1n) is 5.53. The molecule has 0 saturated heterocycles. The highest BCUT2D eigenvalue weighted by atomic mass is 32.1. The zero-order valence-corrected chi connectivity index (χ0v) is 11.5. The van der Waals surface area contributed by atoms with Gasteiger partial charge in [-0.2, -0.15) is 0 Å². The molecule has 0 radical (unpaired) electrons. The number of hydrogen-bond donors (Lipinski definition) is 2. The Kier molecular flexibility index (Phi) is 3.91. The smallest absolute Gasteiger partial charge is 0.170 e. The third-order valence-corrected chi connectivity index (χ3v) is 3.30. The maximum atomic E-state index is 5.22. The normalized spacial score (nSPS) is 10.8. The van der Waals surface area contributed by atoms with Crippen molar-refractivity contribution in [3.05, 3.63) is 23.7 Å². The standard InChI is InChI=1S/C12H15N3S2/c1-8(2)6-13-12(16)15-9-3-4-10-11(5-9)17-7-14-10/h3-5,7-8H,6H2,1-2H3,(H2,13,15,16). The number of anilines is 1. The molecule has 2 rings (SSSR count). The van der Waals surface area contributed by atoms with Crippen LogP contribution < -0.4 is 10.6 Å². The topological polar surface area (TPSA) is 37.0 Å². The van der Waals surface area contributed by atoms with Gasteiger partial charge in [0, 0.05) is 12.2 Å². The number of nitrogens with zero attached hydrogens (tertiary/aromatic N) is 1. The molecule has 0 bridgehead atoms. The Morgan fingerprint density at radius 2 is 2.29 bits per heavy atom. The van der Waals surface area contributed by atoms with Crippen molar-refractivity contribution in [2.24, 2.45) is 5.92 Å². The Labute approximate surface area is 110 Å². The molecule has 0 saturated carbocycles. The Morgan fingerprint density at radius 1 is 1.47 bits per heavy atom. The lowest BCUT2D eigenvalue weighted by molar-refractivity contribution is 0.627. The van der Waals surface area contributed by atoms with Crippen LogP contribution in [0.1, 0.15) is 13.8 Å². The molecule has 1 aromatic carbocycles. The molecule has 1 heterocycles. The van der Waals surface area contributed by atoms with Gasteiger partial charge in [-0.1, -0.05) is 13.8 Å². The number of thiazole rings is 1. The van der Waals surface area contributed by atoms with Gasteiger partial charge in [-0.3, -0.25) is 0 Å². The van der Waals surface area contributed by atoms with E-state index in [4.69, 9.17) is 12.2 Å². The van der Waals surface area contributed by atoms with Crippen LogP contribution in [-0.2, 0) is 0 Å². The summed E-state index contributed by atoms with van der Waals surface area (Å²) in [5, 5.41) is 7.03. The van der Waals surface area contributed by atoms with E-state index in [-0.39, 0.29) is 0 Å². The Balaban J connectivity index is 2.00. The number of hydrogen-bond acceptors (Lipinski definition) is 3. The lowest BCUT2D eigenvalue weighted by atomic mass is 10.2. The number of thiocarbonyl (C=S) groups is 1. The van der Waals surface area contributed by atoms with Crippen LogP contribution >= 0.6 is 23.6 Å². The summed E-state index contributed by atoms with van der Waals surface area (Å²) >= 11 is 6.85. The Hall–Kier alpha value is -1.20. The summed E-state index contributed by atoms with van der Waals surface area (Å²) in [5.41, 5.74) is 3.88. The summed E-state index contributed by atoms with van der Waals surface area (Å²) in [4.78, 5) is 4.24. The number of fused-ring (bicyclic) bond motifs is 1. The molecule has 0 spiro atoms. The van der Waals surface area contributed by atoms with Crippen molar-refractivity contribution < 1.29 is 0 Å². The molecule has 0 amide bonds. The van der Waals surface area contributed by atoms with Crippen LogP contribution in [0.4, 0.5) is 5.69 Å². The van der Waals surface area contributed by atoms with E-state index in [1.807, 2.05) is 17.6 Å². The highest BCUT2D eigenvalue weighted by Gasteiger charge is 2.01. The van der Waals surface area contributed by atoms with E-state index in [2.05, 4.69) is 35.5 Å². The van der Waals surface area contributed by atoms with Crippen molar-refractivity contribution in [1.29, 1.82) is 0 Å². The van der Waals surface area contributed by atoms with Gasteiger partial charge in [0.1, 0.15) is 0 Å². The monoisotopic (exact) mass is 265 g/mol. The van der Waals surface area contributed by atoms with E-state index in [0.717, 1.165) is 17.7 Å². The van der Waals surface area contributed by atoms with Crippen LogP contribution in [0.3, 0.4) is 0 Å². The van der Waals surface area contributed by atoms with Gasteiger partial charge in [0.15, 0.2) is 5.11 Å². The first-order chi connectivity index (χ1) is 8.15. The maximum absolute atomic E-state index is 5.22. The van der Waals surface area contributed by atoms with E-state index in [1.54, 1.807) is 11.3 Å². The minimum absolute atomic E-state index is 0.582. The molecule has 3 nitrogen and oxygen atoms in total. The predicted molar refractivity (Wildman–Crippen MR) is 78.7 cm³/mol. The third-order valence-electron chi connectivity index (χ3n) is 2.26. The van der Waals surface area contributed by atoms with E-state index in [9.17, 15) is 0 Å². The van der Waals surface area contributed by atoms with Gasteiger partial charge in [0.2, 0.25) is 0 Å². The van der Waals surface area contributed by atoms with Crippen LogP contribution in [-0.4, -0.2) is 16.6 Å². The highest BCUT2D eigenvalue weighted by Crippen LogP contribution is 2.21. The number of rotatable bonds is 3.